The van der Waals surface area contributed by atoms with Crippen LogP contribution in [0, 0.1) is 17.0 Å². The van der Waals surface area contributed by atoms with Crippen LogP contribution < -0.4 is 5.73 Å². The highest BCUT2D eigenvalue weighted by atomic mass is 32.2. The summed E-state index contributed by atoms with van der Waals surface area (Å²) in [5, 5.41) is 15.8. The van der Waals surface area contributed by atoms with Crippen LogP contribution in [0.15, 0.2) is 23.4 Å². The Morgan fingerprint density at radius 2 is 2.09 bits per heavy atom. The molecule has 10 heteroatoms. The van der Waals surface area contributed by atoms with Crippen molar-refractivity contribution in [3.8, 4) is 11.4 Å². The Hall–Kier alpha value is -2.75. The number of nitro benzene ring substituents is 1. The van der Waals surface area contributed by atoms with E-state index in [1.807, 2.05) is 6.26 Å². The maximum Gasteiger partial charge on any atom is 0.273 e. The molecule has 2 heterocycles. The summed E-state index contributed by atoms with van der Waals surface area (Å²) in [5.74, 6) is 0.786. The quantitative estimate of drug-likeness (QED) is 0.439. The van der Waals surface area contributed by atoms with Gasteiger partial charge in [0.05, 0.1) is 4.92 Å². The fraction of sp³-hybridized carbons (Fsp3) is 0.167. The van der Waals surface area contributed by atoms with Gasteiger partial charge in [-0.05, 0) is 13.2 Å². The predicted molar refractivity (Wildman–Crippen MR) is 81.6 cm³/mol. The van der Waals surface area contributed by atoms with E-state index in [2.05, 4.69) is 20.1 Å². The van der Waals surface area contributed by atoms with Crippen molar-refractivity contribution in [2.24, 2.45) is 0 Å². The number of nitrogens with two attached hydrogens (primary N) is 1. The van der Waals surface area contributed by atoms with Gasteiger partial charge in [0.25, 0.3) is 11.5 Å². The number of hydrogen-bond acceptors (Lipinski definition) is 8. The third-order valence-corrected chi connectivity index (χ3v) is 3.69. The molecule has 0 atom stereocenters. The average molecular weight is 317 g/mol. The molecule has 0 fully saturated rings. The number of thioether (sulfide) groups is 1. The lowest BCUT2D eigenvalue weighted by Gasteiger charge is -2.01. The first-order chi connectivity index (χ1) is 10.5. The van der Waals surface area contributed by atoms with Crippen LogP contribution in [-0.2, 0) is 0 Å². The molecule has 3 aromatic rings. The molecule has 2 aromatic heterocycles. The smallest absolute Gasteiger partial charge is 0.273 e. The molecule has 0 saturated heterocycles. The molecule has 0 aliphatic heterocycles. The van der Waals surface area contributed by atoms with Crippen molar-refractivity contribution >= 4 is 29.2 Å². The van der Waals surface area contributed by atoms with Gasteiger partial charge in [-0.1, -0.05) is 23.9 Å². The molecule has 0 saturated carbocycles. The third kappa shape index (κ3) is 2.22. The number of fused-ring (bicyclic) bond motifs is 1. The van der Waals surface area contributed by atoms with Crippen molar-refractivity contribution in [3.63, 3.8) is 0 Å². The minimum Gasteiger partial charge on any atom is -0.368 e. The zero-order valence-electron chi connectivity index (χ0n) is 11.7. The first-order valence-corrected chi connectivity index (χ1v) is 7.42. The molecule has 2 N–H and O–H groups in total. The summed E-state index contributed by atoms with van der Waals surface area (Å²) in [4.78, 5) is 23.2. The highest BCUT2D eigenvalue weighted by Crippen LogP contribution is 2.28. The zero-order valence-corrected chi connectivity index (χ0v) is 12.5. The van der Waals surface area contributed by atoms with E-state index in [1.54, 1.807) is 19.1 Å². The van der Waals surface area contributed by atoms with Crippen LogP contribution in [0.25, 0.3) is 17.2 Å². The van der Waals surface area contributed by atoms with Crippen LogP contribution in [0.4, 0.5) is 11.6 Å². The summed E-state index contributed by atoms with van der Waals surface area (Å²) >= 11 is 1.34. The van der Waals surface area contributed by atoms with Gasteiger partial charge in [0, 0.05) is 17.2 Å². The summed E-state index contributed by atoms with van der Waals surface area (Å²) in [6.07, 6.45) is 1.83. The van der Waals surface area contributed by atoms with Gasteiger partial charge in [-0.15, -0.1) is 5.10 Å². The van der Waals surface area contributed by atoms with Crippen LogP contribution >= 0.6 is 11.8 Å². The van der Waals surface area contributed by atoms with E-state index in [-0.39, 0.29) is 11.6 Å². The van der Waals surface area contributed by atoms with Gasteiger partial charge >= 0.3 is 0 Å². The van der Waals surface area contributed by atoms with Gasteiger partial charge in [-0.25, -0.2) is 0 Å². The molecule has 0 amide bonds. The molecule has 112 valence electrons. The fourth-order valence-corrected chi connectivity index (χ4v) is 2.41. The average Bonchev–Trinajstić information content (AvgIpc) is 2.91. The van der Waals surface area contributed by atoms with Crippen molar-refractivity contribution < 1.29 is 4.92 Å². The number of hydrogen-bond donors (Lipinski definition) is 1. The third-order valence-electron chi connectivity index (χ3n) is 3.14. The largest absolute Gasteiger partial charge is 0.368 e. The SMILES string of the molecule is CSc1nc(N)n2nc(-c3cccc([N+](=O)[O-])c3C)nc2n1. The van der Waals surface area contributed by atoms with E-state index >= 15 is 0 Å². The van der Waals surface area contributed by atoms with Crippen molar-refractivity contribution in [3.05, 3.63) is 33.9 Å². The Morgan fingerprint density at radius 3 is 2.77 bits per heavy atom. The minimum absolute atomic E-state index is 0.0141. The molecule has 0 bridgehead atoms. The van der Waals surface area contributed by atoms with E-state index in [4.69, 9.17) is 5.73 Å². The Balaban J connectivity index is 2.21. The van der Waals surface area contributed by atoms with Crippen molar-refractivity contribution in [1.29, 1.82) is 0 Å². The Kier molecular flexibility index (Phi) is 3.37. The molecular formula is C12H11N7O2S. The second-order valence-electron chi connectivity index (χ2n) is 4.42. The van der Waals surface area contributed by atoms with E-state index in [0.29, 0.717) is 27.9 Å². The number of aromatic nitrogens is 5. The van der Waals surface area contributed by atoms with Crippen LogP contribution in [0.3, 0.4) is 0 Å². The van der Waals surface area contributed by atoms with Crippen LogP contribution in [0.5, 0.6) is 0 Å². The lowest BCUT2D eigenvalue weighted by atomic mass is 10.1. The van der Waals surface area contributed by atoms with Gasteiger partial charge in [-0.2, -0.15) is 19.5 Å². The van der Waals surface area contributed by atoms with Crippen LogP contribution in [0.2, 0.25) is 0 Å². The molecule has 0 spiro atoms. The lowest BCUT2D eigenvalue weighted by molar-refractivity contribution is -0.385. The van der Waals surface area contributed by atoms with Crippen LogP contribution in [0.1, 0.15) is 5.56 Å². The topological polar surface area (TPSA) is 125 Å². The van der Waals surface area contributed by atoms with Gasteiger partial charge in [-0.3, -0.25) is 10.1 Å². The molecule has 0 aliphatic rings. The predicted octanol–water partition coefficient (Wildman–Crippen LogP) is 1.71. The highest BCUT2D eigenvalue weighted by Gasteiger charge is 2.18. The molecule has 9 nitrogen and oxygen atoms in total. The second kappa shape index (κ2) is 5.22. The van der Waals surface area contributed by atoms with Crippen LogP contribution in [-0.4, -0.2) is 35.7 Å². The molecular weight excluding hydrogens is 306 g/mol. The standard InChI is InChI=1S/C12H11N7O2S/c1-6-7(4-3-5-8(6)19(20)21)9-14-11-16-12(22-2)15-10(13)18(11)17-9/h3-5H,1-2H3,(H2,13,14,15,16,17). The number of benzene rings is 1. The minimum atomic E-state index is -0.436. The van der Waals surface area contributed by atoms with E-state index in [1.165, 1.54) is 22.3 Å². The number of nitrogen functional groups attached to an aromatic ring is 1. The number of rotatable bonds is 3. The summed E-state index contributed by atoms with van der Waals surface area (Å²) in [5.41, 5.74) is 6.89. The Morgan fingerprint density at radius 1 is 1.32 bits per heavy atom. The molecule has 0 aliphatic carbocycles. The molecule has 0 radical (unpaired) electrons. The van der Waals surface area contributed by atoms with Gasteiger partial charge in [0.1, 0.15) is 0 Å². The normalized spacial score (nSPS) is 11.0. The highest BCUT2D eigenvalue weighted by molar-refractivity contribution is 7.98. The van der Waals surface area contributed by atoms with E-state index in [9.17, 15) is 10.1 Å². The van der Waals surface area contributed by atoms with Crippen molar-refractivity contribution in [1.82, 2.24) is 24.6 Å². The second-order valence-corrected chi connectivity index (χ2v) is 5.20. The maximum atomic E-state index is 11.0. The summed E-state index contributed by atoms with van der Waals surface area (Å²) in [6.45, 7) is 1.65. The monoisotopic (exact) mass is 317 g/mol. The molecule has 3 rings (SSSR count). The molecule has 0 unspecified atom stereocenters. The summed E-state index contributed by atoms with van der Waals surface area (Å²) < 4.78 is 1.31. The number of anilines is 1. The maximum absolute atomic E-state index is 11.0. The van der Waals surface area contributed by atoms with Gasteiger partial charge in [0.15, 0.2) is 11.0 Å². The molecule has 22 heavy (non-hydrogen) atoms. The first kappa shape index (κ1) is 14.2. The molecule has 1 aromatic carbocycles. The Bertz CT molecular complexity index is 893. The van der Waals surface area contributed by atoms with Gasteiger partial charge < -0.3 is 5.73 Å². The lowest BCUT2D eigenvalue weighted by Crippen LogP contribution is -2.04. The van der Waals surface area contributed by atoms with Crippen molar-refractivity contribution in [2.45, 2.75) is 12.1 Å². The fourth-order valence-electron chi connectivity index (χ4n) is 2.05. The number of nitrogens with zero attached hydrogens (tertiary/aromatic N) is 6. The van der Waals surface area contributed by atoms with E-state index in [0.717, 1.165) is 0 Å². The first-order valence-electron chi connectivity index (χ1n) is 6.20. The zero-order chi connectivity index (χ0) is 15.9. The summed E-state index contributed by atoms with van der Waals surface area (Å²) in [6, 6.07) is 4.75. The van der Waals surface area contributed by atoms with Crippen molar-refractivity contribution in [2.75, 3.05) is 12.0 Å². The Labute approximate surface area is 128 Å². The summed E-state index contributed by atoms with van der Waals surface area (Å²) in [7, 11) is 0. The van der Waals surface area contributed by atoms with Gasteiger partial charge in [0.2, 0.25) is 5.95 Å². The van der Waals surface area contributed by atoms with E-state index < -0.39 is 4.92 Å². The number of nitro groups is 1.